The molecule has 12 aromatic rings. The zero-order chi connectivity index (χ0) is 74.9. The van der Waals surface area contributed by atoms with Crippen LogP contribution in [0.1, 0.15) is 124 Å². The summed E-state index contributed by atoms with van der Waals surface area (Å²) in [5, 5.41) is 56.4. The predicted octanol–water partition coefficient (Wildman–Crippen LogP) is 15.5. The van der Waals surface area contributed by atoms with Crippen molar-refractivity contribution >= 4 is 119 Å². The van der Waals surface area contributed by atoms with E-state index in [1.165, 1.54) is 13.0 Å². The Morgan fingerprint density at radius 2 is 0.822 bits per heavy atom. The number of pyridine rings is 1. The smallest absolute Gasteiger partial charge is 0.219 e. The van der Waals surface area contributed by atoms with E-state index in [0.29, 0.717) is 71.9 Å². The van der Waals surface area contributed by atoms with Crippen molar-refractivity contribution in [2.24, 2.45) is 0 Å². The van der Waals surface area contributed by atoms with Crippen molar-refractivity contribution < 1.29 is 68.3 Å². The number of nitrogens with zero attached hydrogens (tertiary/aromatic N) is 2. The molecule has 17 rings (SSSR count). The van der Waals surface area contributed by atoms with E-state index in [1.807, 2.05) is 235 Å². The van der Waals surface area contributed by atoms with Crippen LogP contribution in [0.25, 0.3) is 83.9 Å². The Balaban J connectivity index is 0.000000119. The molecule has 5 aliphatic carbocycles. The van der Waals surface area contributed by atoms with Crippen LogP contribution in [0.2, 0.25) is 0 Å². The molecule has 0 unspecified atom stereocenters. The lowest BCUT2D eigenvalue weighted by atomic mass is 9.88. The first-order valence-corrected chi connectivity index (χ1v) is 35.5. The largest absolute Gasteiger partial charge is 0.493 e. The van der Waals surface area contributed by atoms with Crippen molar-refractivity contribution in [2.75, 3.05) is 46.1 Å². The highest BCUT2D eigenvalue weighted by atomic mass is 16.5. The van der Waals surface area contributed by atoms with Crippen LogP contribution in [-0.2, 0) is 28.3 Å². The minimum absolute atomic E-state index is 0.00467. The summed E-state index contributed by atoms with van der Waals surface area (Å²) in [5.41, 5.74) is 12.1. The number of ketones is 5. The monoisotopic (exact) mass is 1420 g/mol. The van der Waals surface area contributed by atoms with Crippen molar-refractivity contribution in [1.82, 2.24) is 4.90 Å². The number of aromatic nitrogens is 1. The number of hydrogen-bond donors (Lipinski definition) is 5. The van der Waals surface area contributed by atoms with Gasteiger partial charge in [0.2, 0.25) is 5.91 Å². The number of ether oxygens (including phenoxy) is 2. The fourth-order valence-electron chi connectivity index (χ4n) is 14.1. The zero-order valence-electron chi connectivity index (χ0n) is 59.5. The maximum atomic E-state index is 12.9. The summed E-state index contributed by atoms with van der Waals surface area (Å²) in [7, 11) is 0. The molecule has 11 aromatic carbocycles. The van der Waals surface area contributed by atoms with E-state index in [0.717, 1.165) is 115 Å². The second kappa shape index (κ2) is 32.4. The lowest BCUT2D eigenvalue weighted by Crippen LogP contribution is -2.36. The van der Waals surface area contributed by atoms with Crippen LogP contribution in [0.15, 0.2) is 259 Å². The number of hydrogen-bond acceptors (Lipinski definition) is 13. The molecule has 0 saturated heterocycles. The third-order valence-electron chi connectivity index (χ3n) is 19.5. The SMILES string of the molecule is CC(=O)N(CCCO)CC1=Cc2cccc3cccc(c23)C1=O.CC(C)(O)c1cc[n+](CC2=Cc3cccc4cccc(c34)C2=O)cc1.O=C1C(CO)=Cc2cccc3cccc1c23.O=C1C(COc2ccc(CO)cc2)=Cc2cccc3cccc1c23.O=C1C=C(OCCCO)c2cccc3cccc1c23. The molecule has 0 spiro atoms. The van der Waals surface area contributed by atoms with Gasteiger partial charge in [0.05, 0.1) is 31.0 Å². The van der Waals surface area contributed by atoms with Crippen molar-refractivity contribution in [1.29, 1.82) is 0 Å². The number of amides is 1. The predicted molar refractivity (Wildman–Crippen MR) is 420 cm³/mol. The number of aliphatic hydroxyl groups excluding tert-OH is 4. The van der Waals surface area contributed by atoms with Gasteiger partial charge in [-0.2, -0.15) is 0 Å². The average Bonchev–Trinajstić information content (AvgIpc) is 0.788. The fourth-order valence-corrected chi connectivity index (χ4v) is 14.1. The summed E-state index contributed by atoms with van der Waals surface area (Å²) in [4.78, 5) is 75.9. The summed E-state index contributed by atoms with van der Waals surface area (Å²) >= 11 is 0. The Bertz CT molecular complexity index is 5650. The third-order valence-corrected chi connectivity index (χ3v) is 19.5. The van der Waals surface area contributed by atoms with Crippen LogP contribution in [0.3, 0.4) is 0 Å². The Labute approximate surface area is 618 Å². The van der Waals surface area contributed by atoms with Gasteiger partial charge in [-0.05, 0) is 117 Å². The number of carbonyl (C=O) groups is 6. The molecular formula is C92H79N2O13+. The maximum absolute atomic E-state index is 12.9. The Morgan fingerprint density at radius 3 is 1.27 bits per heavy atom. The summed E-state index contributed by atoms with van der Waals surface area (Å²) < 4.78 is 13.3. The molecule has 0 atom stereocenters. The molecule has 0 saturated carbocycles. The number of carbonyl (C=O) groups excluding carboxylic acids is 6. The van der Waals surface area contributed by atoms with E-state index < -0.39 is 5.60 Å². The molecule has 1 amide bonds. The molecule has 1 heterocycles. The van der Waals surface area contributed by atoms with Gasteiger partial charge in [0, 0.05) is 135 Å². The maximum Gasteiger partial charge on any atom is 0.219 e. The van der Waals surface area contributed by atoms with Crippen LogP contribution in [0.5, 0.6) is 5.75 Å². The first-order chi connectivity index (χ1) is 51.9. The van der Waals surface area contributed by atoms with Crippen LogP contribution in [0, 0.1) is 0 Å². The van der Waals surface area contributed by atoms with E-state index in [-0.39, 0.29) is 74.4 Å². The van der Waals surface area contributed by atoms with Crippen molar-refractivity contribution in [2.45, 2.75) is 52.4 Å². The molecule has 1 aromatic heterocycles. The van der Waals surface area contributed by atoms with Gasteiger partial charge in [-0.15, -0.1) is 0 Å². The van der Waals surface area contributed by atoms with Gasteiger partial charge >= 0.3 is 0 Å². The minimum Gasteiger partial charge on any atom is -0.493 e. The van der Waals surface area contributed by atoms with Gasteiger partial charge in [-0.3, -0.25) is 28.8 Å². The van der Waals surface area contributed by atoms with Crippen LogP contribution in [-0.4, -0.2) is 111 Å². The molecule has 5 N–H and O–H groups in total. The third kappa shape index (κ3) is 15.8. The molecular weight excluding hydrogens is 1340 g/mol. The highest BCUT2D eigenvalue weighted by Crippen LogP contribution is 2.38. The number of aliphatic hydroxyl groups is 5. The van der Waals surface area contributed by atoms with Crippen molar-refractivity contribution in [3.8, 4) is 5.75 Å². The second-order valence-electron chi connectivity index (χ2n) is 27.1. The lowest BCUT2D eigenvalue weighted by molar-refractivity contribution is -0.688. The highest BCUT2D eigenvalue weighted by Gasteiger charge is 2.29. The molecule has 5 aliphatic rings. The first-order valence-electron chi connectivity index (χ1n) is 35.5. The zero-order valence-corrected chi connectivity index (χ0v) is 59.5. The number of allylic oxidation sites excluding steroid dienone is 2. The fraction of sp³-hybridized carbons (Fsp3) is 0.163. The topological polar surface area (TPSA) is 229 Å². The second-order valence-corrected chi connectivity index (χ2v) is 27.1. The van der Waals surface area contributed by atoms with Crippen molar-refractivity contribution in [3.05, 3.63) is 326 Å². The Kier molecular flexibility index (Phi) is 22.2. The molecule has 0 radical (unpaired) electrons. The quantitative estimate of drug-likeness (QED) is 0.0423. The normalized spacial score (nSPS) is 13.5. The van der Waals surface area contributed by atoms with E-state index >= 15 is 0 Å². The Hall–Kier alpha value is -12.2. The van der Waals surface area contributed by atoms with Crippen LogP contribution < -0.4 is 9.30 Å². The standard InChI is InChI=1S/C22H20NO2.C21H16O3.C19H19NO3.C16H14O3.C14H10O2/c1-22(2,25)18-9-11-23(12-10-18)14-17-13-16-7-3-5-15-6-4-8-19(20(15)16)21(17)24;22-12-14-7-9-18(10-8-14)24-13-17-11-16-5-1-3-15-4-2-6-19(20(15)16)21(17)23;1-13(22)20(9-4-10-21)12-16-11-15-7-2-5-14-6-3-8-17(18(14)15)19(16)23;17-8-3-9-19-15-10-14(18)12-6-1-4-11-5-2-7-13(15)16(11)12;15-8-11-7-10-5-1-3-9-4-2-6-12(13(9)10)14(11)16/h3-13,25H,14H2,1-2H3;1-11,22H,12-13H2;2-3,5-8,11,21H,4,9-10,12H2,1H3;1-2,4-7,10,17H,3,8-9H2;1-7,15H,8H2/q+1;;;;. The van der Waals surface area contributed by atoms with Crippen LogP contribution >= 0.6 is 0 Å². The van der Waals surface area contributed by atoms with Crippen LogP contribution in [0.4, 0.5) is 0 Å². The number of benzene rings is 11. The molecule has 107 heavy (non-hydrogen) atoms. The van der Waals surface area contributed by atoms with Gasteiger partial charge in [0.25, 0.3) is 0 Å². The minimum atomic E-state index is -0.867. The van der Waals surface area contributed by atoms with E-state index in [2.05, 4.69) is 6.07 Å². The first kappa shape index (κ1) is 73.1. The summed E-state index contributed by atoms with van der Waals surface area (Å²) in [6.45, 7) is 6.79. The van der Waals surface area contributed by atoms with Gasteiger partial charge in [0.1, 0.15) is 18.1 Å². The molecule has 0 fully saturated rings. The van der Waals surface area contributed by atoms with Gasteiger partial charge < -0.3 is 39.9 Å². The highest BCUT2D eigenvalue weighted by molar-refractivity contribution is 6.26. The molecule has 0 bridgehead atoms. The molecule has 15 nitrogen and oxygen atoms in total. The van der Waals surface area contributed by atoms with Gasteiger partial charge in [0.15, 0.2) is 47.9 Å². The summed E-state index contributed by atoms with van der Waals surface area (Å²) in [6.07, 6.45) is 14.0. The van der Waals surface area contributed by atoms with E-state index in [4.69, 9.17) is 29.9 Å². The van der Waals surface area contributed by atoms with Crippen molar-refractivity contribution in [3.63, 3.8) is 0 Å². The molecule has 534 valence electrons. The lowest BCUT2D eigenvalue weighted by Gasteiger charge is -2.24. The number of Topliss-reactive ketones (excluding diaryl/α,β-unsaturated/α-hetero) is 4. The molecule has 0 aliphatic heterocycles. The van der Waals surface area contributed by atoms with E-state index in [1.54, 1.807) is 37.0 Å². The average molecular weight is 1420 g/mol. The number of rotatable bonds is 17. The van der Waals surface area contributed by atoms with Gasteiger partial charge in [-0.1, -0.05) is 194 Å². The molecule has 15 heteroatoms. The van der Waals surface area contributed by atoms with Gasteiger partial charge in [-0.25, -0.2) is 4.57 Å². The van der Waals surface area contributed by atoms with E-state index in [9.17, 15) is 33.9 Å². The summed E-state index contributed by atoms with van der Waals surface area (Å²) in [6, 6.07) is 69.8. The summed E-state index contributed by atoms with van der Waals surface area (Å²) in [5.74, 6) is 1.18. The Morgan fingerprint density at radius 1 is 0.421 bits per heavy atom.